The Morgan fingerprint density at radius 2 is 2.24 bits per heavy atom. The number of carbonyl (C=O) groups is 1. The highest BCUT2D eigenvalue weighted by Gasteiger charge is 2.21. The summed E-state index contributed by atoms with van der Waals surface area (Å²) in [6, 6.07) is 7.36. The molecule has 7 heteroatoms. The highest BCUT2D eigenvalue weighted by molar-refractivity contribution is 6.01. The van der Waals surface area contributed by atoms with Crippen molar-refractivity contribution in [3.05, 3.63) is 40.9 Å². The molecule has 1 aliphatic heterocycles. The van der Waals surface area contributed by atoms with Crippen LogP contribution < -0.4 is 5.56 Å². The van der Waals surface area contributed by atoms with Gasteiger partial charge in [0, 0.05) is 25.6 Å². The molecule has 1 fully saturated rings. The van der Waals surface area contributed by atoms with E-state index in [9.17, 15) is 9.59 Å². The lowest BCUT2D eigenvalue weighted by Crippen LogP contribution is -2.38. The first-order valence-electron chi connectivity index (χ1n) is 8.36. The normalized spacial score (nSPS) is 17.4. The van der Waals surface area contributed by atoms with E-state index in [2.05, 4.69) is 4.98 Å². The molecule has 0 aliphatic carbocycles. The molecule has 0 N–H and O–H groups in total. The first kappa shape index (κ1) is 15.8. The Morgan fingerprint density at radius 1 is 1.40 bits per heavy atom. The van der Waals surface area contributed by atoms with Gasteiger partial charge in [0.05, 0.1) is 12.4 Å². The van der Waals surface area contributed by atoms with Crippen molar-refractivity contribution < 1.29 is 13.9 Å². The Balaban J connectivity index is 1.58. The fraction of sp³-hybridized carbons (Fsp3) is 0.389. The first-order chi connectivity index (χ1) is 12.1. The van der Waals surface area contributed by atoms with Crippen LogP contribution >= 0.6 is 0 Å². The number of para-hydroxylation sites is 1. The Kier molecular flexibility index (Phi) is 4.01. The number of hydrogen-bond acceptors (Lipinski definition) is 5. The second-order valence-corrected chi connectivity index (χ2v) is 6.36. The molecule has 130 valence electrons. The predicted molar refractivity (Wildman–Crippen MR) is 92.4 cm³/mol. The molecule has 7 nitrogen and oxygen atoms in total. The number of rotatable bonds is 4. The van der Waals surface area contributed by atoms with Crippen LogP contribution in [0.1, 0.15) is 12.8 Å². The molecule has 0 saturated carbocycles. The van der Waals surface area contributed by atoms with Crippen LogP contribution in [0.4, 0.5) is 0 Å². The molecule has 1 atom stereocenters. The first-order valence-corrected chi connectivity index (χ1v) is 8.36. The van der Waals surface area contributed by atoms with Crippen molar-refractivity contribution in [2.45, 2.75) is 25.5 Å². The number of ether oxygens (including phenoxy) is 1. The third-order valence-electron chi connectivity index (χ3n) is 4.58. The average molecular weight is 341 g/mol. The third kappa shape index (κ3) is 2.91. The maximum absolute atomic E-state index is 12.6. The number of amides is 1. The Labute approximate surface area is 143 Å². The van der Waals surface area contributed by atoms with E-state index in [0.29, 0.717) is 17.6 Å². The molecule has 25 heavy (non-hydrogen) atoms. The van der Waals surface area contributed by atoms with Crippen LogP contribution in [-0.4, -0.2) is 46.7 Å². The highest BCUT2D eigenvalue weighted by Crippen LogP contribution is 2.24. The van der Waals surface area contributed by atoms with Gasteiger partial charge in [0.1, 0.15) is 17.6 Å². The van der Waals surface area contributed by atoms with Crippen LogP contribution in [0.2, 0.25) is 0 Å². The van der Waals surface area contributed by atoms with Gasteiger partial charge in [-0.25, -0.2) is 4.98 Å². The Bertz CT molecular complexity index is 985. The minimum atomic E-state index is -0.347. The Hall–Kier alpha value is -2.67. The average Bonchev–Trinajstić information content (AvgIpc) is 3.25. The van der Waals surface area contributed by atoms with Gasteiger partial charge in [-0.1, -0.05) is 12.1 Å². The second-order valence-electron chi connectivity index (χ2n) is 6.36. The number of carbonyl (C=O) groups excluding carboxylic acids is 1. The summed E-state index contributed by atoms with van der Waals surface area (Å²) >= 11 is 0. The van der Waals surface area contributed by atoms with E-state index < -0.39 is 0 Å². The quantitative estimate of drug-likeness (QED) is 0.723. The van der Waals surface area contributed by atoms with Crippen molar-refractivity contribution in [3.63, 3.8) is 0 Å². The van der Waals surface area contributed by atoms with Crippen molar-refractivity contribution >= 4 is 28.0 Å². The van der Waals surface area contributed by atoms with Gasteiger partial charge < -0.3 is 14.1 Å². The number of likely N-dealkylation sites (N-methyl/N-ethyl adjacent to an activating group) is 1. The van der Waals surface area contributed by atoms with Gasteiger partial charge in [0.25, 0.3) is 5.56 Å². The molecule has 0 unspecified atom stereocenters. The van der Waals surface area contributed by atoms with Gasteiger partial charge in [0.15, 0.2) is 0 Å². The molecule has 0 radical (unpaired) electrons. The summed E-state index contributed by atoms with van der Waals surface area (Å²) in [6.45, 7) is 1.22. The van der Waals surface area contributed by atoms with Crippen molar-refractivity contribution in [2.75, 3.05) is 20.2 Å². The summed E-state index contributed by atoms with van der Waals surface area (Å²) in [7, 11) is 1.72. The summed E-state index contributed by atoms with van der Waals surface area (Å²) < 4.78 is 12.5. The van der Waals surface area contributed by atoms with Gasteiger partial charge in [-0.05, 0) is 25.0 Å². The van der Waals surface area contributed by atoms with Gasteiger partial charge >= 0.3 is 0 Å². The van der Waals surface area contributed by atoms with Crippen LogP contribution in [0.25, 0.3) is 22.1 Å². The standard InChI is InChI=1S/C18H19N3O4/c1-20(9-12-5-4-8-24-12)15(22)10-21-11-19-16-13-6-2-3-7-14(13)25-17(16)18(21)23/h2-3,6-7,11-12H,4-5,8-10H2,1H3/t12-/m1/s1. The zero-order valence-corrected chi connectivity index (χ0v) is 14.0. The number of furan rings is 1. The number of hydrogen-bond donors (Lipinski definition) is 0. The number of aromatic nitrogens is 2. The van der Waals surface area contributed by atoms with Crippen LogP contribution in [0.3, 0.4) is 0 Å². The van der Waals surface area contributed by atoms with Crippen molar-refractivity contribution in [3.8, 4) is 0 Å². The molecule has 0 spiro atoms. The summed E-state index contributed by atoms with van der Waals surface area (Å²) in [4.78, 5) is 31.0. The smallest absolute Gasteiger partial charge is 0.297 e. The summed E-state index contributed by atoms with van der Waals surface area (Å²) in [5.74, 6) is -0.158. The van der Waals surface area contributed by atoms with Crippen LogP contribution in [-0.2, 0) is 16.1 Å². The number of fused-ring (bicyclic) bond motifs is 3. The highest BCUT2D eigenvalue weighted by atomic mass is 16.5. The molecule has 3 aromatic rings. The lowest BCUT2D eigenvalue weighted by molar-refractivity contribution is -0.132. The molecule has 1 aliphatic rings. The lowest BCUT2D eigenvalue weighted by atomic mass is 10.2. The van der Waals surface area contributed by atoms with E-state index in [0.717, 1.165) is 24.8 Å². The zero-order chi connectivity index (χ0) is 17.4. The topological polar surface area (TPSA) is 77.6 Å². The van der Waals surface area contributed by atoms with E-state index in [4.69, 9.17) is 9.15 Å². The molecule has 1 aromatic carbocycles. The van der Waals surface area contributed by atoms with Gasteiger partial charge in [-0.2, -0.15) is 0 Å². The summed E-state index contributed by atoms with van der Waals surface area (Å²) in [5.41, 5.74) is 0.969. The fourth-order valence-corrected chi connectivity index (χ4v) is 3.19. The van der Waals surface area contributed by atoms with Gasteiger partial charge in [-0.3, -0.25) is 14.2 Å². The van der Waals surface area contributed by atoms with Crippen LogP contribution in [0, 0.1) is 0 Å². The molecule has 2 aromatic heterocycles. The monoisotopic (exact) mass is 341 g/mol. The van der Waals surface area contributed by atoms with E-state index in [1.807, 2.05) is 18.2 Å². The second kappa shape index (κ2) is 6.33. The molecule has 1 saturated heterocycles. The van der Waals surface area contributed by atoms with Crippen molar-refractivity contribution in [1.29, 1.82) is 0 Å². The summed E-state index contributed by atoms with van der Waals surface area (Å²) in [6.07, 6.45) is 3.48. The maximum atomic E-state index is 12.6. The van der Waals surface area contributed by atoms with Crippen molar-refractivity contribution in [1.82, 2.24) is 14.5 Å². The minimum Gasteiger partial charge on any atom is -0.448 e. The fourth-order valence-electron chi connectivity index (χ4n) is 3.19. The molecular weight excluding hydrogens is 322 g/mol. The van der Waals surface area contributed by atoms with Crippen LogP contribution in [0.5, 0.6) is 0 Å². The maximum Gasteiger partial charge on any atom is 0.297 e. The van der Waals surface area contributed by atoms with E-state index in [1.54, 1.807) is 18.0 Å². The SMILES string of the molecule is CN(C[C@H]1CCCO1)C(=O)Cn1cnc2c(oc3ccccc32)c1=O. The zero-order valence-electron chi connectivity index (χ0n) is 14.0. The molecule has 0 bridgehead atoms. The van der Waals surface area contributed by atoms with Crippen LogP contribution in [0.15, 0.2) is 39.8 Å². The van der Waals surface area contributed by atoms with E-state index >= 15 is 0 Å². The lowest BCUT2D eigenvalue weighted by Gasteiger charge is -2.21. The molecular formula is C18H19N3O4. The molecule has 1 amide bonds. The van der Waals surface area contributed by atoms with Crippen molar-refractivity contribution in [2.24, 2.45) is 0 Å². The largest absolute Gasteiger partial charge is 0.448 e. The van der Waals surface area contributed by atoms with E-state index in [1.165, 1.54) is 10.9 Å². The van der Waals surface area contributed by atoms with E-state index in [-0.39, 0.29) is 29.7 Å². The minimum absolute atomic E-state index is 0.0674. The number of nitrogens with zero attached hydrogens (tertiary/aromatic N) is 3. The van der Waals surface area contributed by atoms with Gasteiger partial charge in [-0.15, -0.1) is 0 Å². The number of benzene rings is 1. The molecule has 4 rings (SSSR count). The Morgan fingerprint density at radius 3 is 3.04 bits per heavy atom. The van der Waals surface area contributed by atoms with Gasteiger partial charge in [0.2, 0.25) is 11.5 Å². The molecule has 3 heterocycles. The predicted octanol–water partition coefficient (Wildman–Crippen LogP) is 1.78. The third-order valence-corrected chi connectivity index (χ3v) is 4.58. The summed E-state index contributed by atoms with van der Waals surface area (Å²) in [5, 5.41) is 0.795.